The summed E-state index contributed by atoms with van der Waals surface area (Å²) in [6, 6.07) is 0. The first-order chi connectivity index (χ1) is 3.12. The number of rotatable bonds is 2. The summed E-state index contributed by atoms with van der Waals surface area (Å²) in [4.78, 5) is 9.27. The molecule has 0 aromatic heterocycles. The molecule has 0 saturated carbocycles. The number of hydrogen-bond acceptors (Lipinski definition) is 4. The number of hydrogen-bond donors (Lipinski definition) is 3. The zero-order chi connectivity index (χ0) is 5.91. The van der Waals surface area contributed by atoms with Crippen molar-refractivity contribution in [3.8, 4) is 0 Å². The Labute approximate surface area is 40.0 Å². The monoisotopic (exact) mass is 105 g/mol. The van der Waals surface area contributed by atoms with Crippen LogP contribution in [0.1, 0.15) is 0 Å². The summed E-state index contributed by atoms with van der Waals surface area (Å²) in [5, 5.41) is 23.9. The van der Waals surface area contributed by atoms with E-state index < -0.39 is 12.4 Å². The summed E-state index contributed by atoms with van der Waals surface area (Å²) < 4.78 is 0. The molecule has 4 nitrogen and oxygen atoms in total. The molecule has 3 N–H and O–H groups in total. The van der Waals surface area contributed by atoms with E-state index in [1.165, 1.54) is 0 Å². The Morgan fingerprint density at radius 3 is 2.00 bits per heavy atom. The summed E-state index contributed by atoms with van der Waals surface area (Å²) in [6.07, 6.45) is 0.802. The zero-order valence-electron chi connectivity index (χ0n) is 3.46. The average Bonchev–Trinajstić information content (AvgIpc) is 1.68. The molecule has 0 aliphatic rings. The molecule has 0 aromatic rings. The highest BCUT2D eigenvalue weighted by molar-refractivity contribution is 5.59. The van der Waals surface area contributed by atoms with Crippen molar-refractivity contribution < 1.29 is 20.1 Å². The molecule has 0 saturated heterocycles. The number of carbonyl (C=O) groups excluding carboxylic acids is 1. The first kappa shape index (κ1) is 6.55. The minimum absolute atomic E-state index is 0.802. The summed E-state index contributed by atoms with van der Waals surface area (Å²) >= 11 is 0. The van der Waals surface area contributed by atoms with Gasteiger partial charge in [0.15, 0.2) is 0 Å². The van der Waals surface area contributed by atoms with Gasteiger partial charge in [-0.2, -0.15) is 0 Å². The van der Waals surface area contributed by atoms with Gasteiger partial charge in [-0.15, -0.1) is 0 Å². The third-order valence-corrected chi connectivity index (χ3v) is 0.384. The van der Waals surface area contributed by atoms with Crippen molar-refractivity contribution in [2.45, 2.75) is 5.79 Å². The van der Waals surface area contributed by atoms with Crippen molar-refractivity contribution in [1.29, 1.82) is 0 Å². The lowest BCUT2D eigenvalue weighted by Crippen LogP contribution is -2.33. The lowest BCUT2D eigenvalue weighted by atomic mass is 10.3. The van der Waals surface area contributed by atoms with Crippen LogP contribution in [0, 0.1) is 0 Å². The highest BCUT2D eigenvalue weighted by Gasteiger charge is 2.20. The fourth-order valence-corrected chi connectivity index (χ4v) is 0.0323. The fraction of sp³-hybridized carbons (Fsp3) is 0.667. The van der Waals surface area contributed by atoms with E-state index in [2.05, 4.69) is 0 Å². The van der Waals surface area contributed by atoms with Gasteiger partial charge in [-0.05, 0) is 0 Å². The van der Waals surface area contributed by atoms with Crippen LogP contribution in [0.4, 0.5) is 0 Å². The molecule has 0 aliphatic heterocycles. The first-order valence-electron chi connectivity index (χ1n) is 1.57. The summed E-state index contributed by atoms with van der Waals surface area (Å²) in [5.41, 5.74) is 0. The van der Waals surface area contributed by atoms with Gasteiger partial charge in [-0.1, -0.05) is 0 Å². The minimum atomic E-state index is -2.67. The molecular formula is C3H5O4. The molecule has 0 fully saturated rings. The van der Waals surface area contributed by atoms with Gasteiger partial charge >= 0.3 is 0 Å². The summed E-state index contributed by atoms with van der Waals surface area (Å²) in [5.74, 6) is -2.67. The van der Waals surface area contributed by atoms with Gasteiger partial charge in [-0.3, -0.25) is 4.79 Å². The van der Waals surface area contributed by atoms with E-state index >= 15 is 0 Å². The molecule has 41 valence electrons. The van der Waals surface area contributed by atoms with Gasteiger partial charge in [0.2, 0.25) is 0 Å². The van der Waals surface area contributed by atoms with Gasteiger partial charge in [0, 0.05) is 0 Å². The fourth-order valence-electron chi connectivity index (χ4n) is 0.0323. The third kappa shape index (κ3) is 2.27. The molecule has 0 unspecified atom stereocenters. The maximum absolute atomic E-state index is 9.27. The van der Waals surface area contributed by atoms with Crippen molar-refractivity contribution >= 4 is 6.29 Å². The van der Waals surface area contributed by atoms with Gasteiger partial charge < -0.3 is 15.3 Å². The Hall–Kier alpha value is -0.450. The second-order valence-electron chi connectivity index (χ2n) is 1.08. The topological polar surface area (TPSA) is 77.8 Å². The van der Waals surface area contributed by atoms with E-state index in [1.54, 1.807) is 0 Å². The van der Waals surface area contributed by atoms with Crippen LogP contribution < -0.4 is 0 Å². The molecule has 0 bridgehead atoms. The lowest BCUT2D eigenvalue weighted by molar-refractivity contribution is -0.130. The van der Waals surface area contributed by atoms with Crippen molar-refractivity contribution in [2.24, 2.45) is 0 Å². The second-order valence-corrected chi connectivity index (χ2v) is 1.08. The molecule has 7 heavy (non-hydrogen) atoms. The van der Waals surface area contributed by atoms with Crippen LogP contribution in [0.25, 0.3) is 0 Å². The smallest absolute Gasteiger partial charge is 0.265 e. The Morgan fingerprint density at radius 2 is 2.00 bits per heavy atom. The highest BCUT2D eigenvalue weighted by atomic mass is 16.5. The molecular weight excluding hydrogens is 100 g/mol. The van der Waals surface area contributed by atoms with E-state index in [4.69, 9.17) is 15.3 Å². The lowest BCUT2D eigenvalue weighted by Gasteiger charge is -2.05. The van der Waals surface area contributed by atoms with Gasteiger partial charge in [0.05, 0.1) is 0 Å². The first-order valence-corrected chi connectivity index (χ1v) is 1.57. The minimum Gasteiger partial charge on any atom is -0.390 e. The van der Waals surface area contributed by atoms with Crippen molar-refractivity contribution in [3.05, 3.63) is 0 Å². The number of aliphatic hydroxyl groups is 3. The van der Waals surface area contributed by atoms with Gasteiger partial charge in [0.1, 0.15) is 6.61 Å². The standard InChI is InChI=1S/C3H5O4/c4-1-3(6,7)2-5/h4,6-7H,1H2. The van der Waals surface area contributed by atoms with Crippen LogP contribution >= 0.6 is 0 Å². The second kappa shape index (κ2) is 2.02. The van der Waals surface area contributed by atoms with Crippen molar-refractivity contribution in [3.63, 3.8) is 0 Å². The SMILES string of the molecule is O=[C]C(O)(O)CO. The van der Waals surface area contributed by atoms with E-state index in [-0.39, 0.29) is 0 Å². The molecule has 0 rings (SSSR count). The zero-order valence-corrected chi connectivity index (χ0v) is 3.46. The van der Waals surface area contributed by atoms with Crippen LogP contribution in [0.15, 0.2) is 0 Å². The Bertz CT molecular complexity index is 67.3. The highest BCUT2D eigenvalue weighted by Crippen LogP contribution is 1.87. The van der Waals surface area contributed by atoms with Gasteiger partial charge in [-0.25, -0.2) is 0 Å². The van der Waals surface area contributed by atoms with E-state index in [1.807, 2.05) is 0 Å². The van der Waals surface area contributed by atoms with Crippen LogP contribution in [0.3, 0.4) is 0 Å². The van der Waals surface area contributed by atoms with Crippen LogP contribution in [0.5, 0.6) is 0 Å². The Morgan fingerprint density at radius 1 is 1.57 bits per heavy atom. The maximum Gasteiger partial charge on any atom is 0.265 e. The normalized spacial score (nSPS) is 11.3. The summed E-state index contributed by atoms with van der Waals surface area (Å²) in [6.45, 7) is -1.02. The quantitative estimate of drug-likeness (QED) is 0.347. The third-order valence-electron chi connectivity index (χ3n) is 0.384. The summed E-state index contributed by atoms with van der Waals surface area (Å²) in [7, 11) is 0. The molecule has 0 aromatic carbocycles. The van der Waals surface area contributed by atoms with Crippen LogP contribution in [0.2, 0.25) is 0 Å². The van der Waals surface area contributed by atoms with E-state index in [0.29, 0.717) is 0 Å². The molecule has 4 heteroatoms. The van der Waals surface area contributed by atoms with Crippen molar-refractivity contribution in [2.75, 3.05) is 6.61 Å². The van der Waals surface area contributed by atoms with Crippen molar-refractivity contribution in [1.82, 2.24) is 0 Å². The number of aliphatic hydroxyl groups excluding tert-OH is 1. The molecule has 0 aliphatic carbocycles. The predicted octanol–water partition coefficient (Wildman–Crippen LogP) is -2.23. The molecule has 1 radical (unpaired) electrons. The van der Waals surface area contributed by atoms with Crippen LogP contribution in [-0.2, 0) is 4.79 Å². The molecule has 0 spiro atoms. The van der Waals surface area contributed by atoms with Gasteiger partial charge in [0.25, 0.3) is 12.1 Å². The van der Waals surface area contributed by atoms with E-state index in [0.717, 1.165) is 6.29 Å². The predicted molar refractivity (Wildman–Crippen MR) is 19.9 cm³/mol. The Balaban J connectivity index is 3.58. The van der Waals surface area contributed by atoms with E-state index in [9.17, 15) is 4.79 Å². The van der Waals surface area contributed by atoms with Crippen LogP contribution in [-0.4, -0.2) is 34.0 Å². The molecule has 0 atom stereocenters. The Kier molecular flexibility index (Phi) is 1.89. The molecule has 0 heterocycles. The maximum atomic E-state index is 9.27. The molecule has 0 amide bonds. The largest absolute Gasteiger partial charge is 0.390 e. The average molecular weight is 105 g/mol.